The van der Waals surface area contributed by atoms with Gasteiger partial charge in [-0.1, -0.05) is 12.7 Å². The highest BCUT2D eigenvalue weighted by molar-refractivity contribution is 5.86. The molecule has 31 heavy (non-hydrogen) atoms. The summed E-state index contributed by atoms with van der Waals surface area (Å²) in [6, 6.07) is -0.482. The van der Waals surface area contributed by atoms with Crippen LogP contribution in [0.2, 0.25) is 0 Å². The van der Waals surface area contributed by atoms with Crippen LogP contribution in [0, 0.1) is 17.5 Å². The fourth-order valence-corrected chi connectivity index (χ4v) is 3.31. The fraction of sp³-hybridized carbons (Fsp3) is 0.476. The fourth-order valence-electron chi connectivity index (χ4n) is 3.31. The molecule has 0 unspecified atom stereocenters. The normalized spacial score (nSPS) is 17.9. The van der Waals surface area contributed by atoms with Gasteiger partial charge in [0.2, 0.25) is 11.8 Å². The number of esters is 1. The van der Waals surface area contributed by atoms with Crippen LogP contribution < -0.4 is 5.32 Å². The van der Waals surface area contributed by atoms with Crippen LogP contribution in [-0.4, -0.2) is 54.6 Å². The second-order valence-corrected chi connectivity index (χ2v) is 7.18. The molecule has 1 aromatic rings. The van der Waals surface area contributed by atoms with E-state index in [1.165, 1.54) is 18.1 Å². The molecule has 1 N–H and O–H groups in total. The molecule has 3 atom stereocenters. The summed E-state index contributed by atoms with van der Waals surface area (Å²) >= 11 is 0. The molecule has 1 aliphatic rings. The van der Waals surface area contributed by atoms with Crippen LogP contribution in [0.5, 0.6) is 0 Å². The van der Waals surface area contributed by atoms with Crippen molar-refractivity contribution in [2.24, 2.45) is 0 Å². The number of rotatable bonds is 10. The molecule has 170 valence electrons. The third-order valence-corrected chi connectivity index (χ3v) is 5.04. The number of methoxy groups -OCH3 is 1. The molecule has 0 radical (unpaired) electrons. The summed E-state index contributed by atoms with van der Waals surface area (Å²) in [5.41, 5.74) is -0.322. The van der Waals surface area contributed by atoms with Crippen LogP contribution in [0.1, 0.15) is 31.7 Å². The third-order valence-electron chi connectivity index (χ3n) is 5.04. The largest absolute Gasteiger partial charge is 0.460 e. The molecule has 1 fully saturated rings. The molecule has 0 aliphatic carbocycles. The second kappa shape index (κ2) is 10.9. The van der Waals surface area contributed by atoms with Crippen molar-refractivity contribution in [2.75, 3.05) is 13.7 Å². The molecule has 1 saturated heterocycles. The van der Waals surface area contributed by atoms with Crippen LogP contribution >= 0.6 is 0 Å². The van der Waals surface area contributed by atoms with Crippen LogP contribution in [0.15, 0.2) is 24.8 Å². The van der Waals surface area contributed by atoms with Crippen molar-refractivity contribution in [1.29, 1.82) is 0 Å². The number of hydrogen-bond acceptors (Lipinski definition) is 5. The van der Waals surface area contributed by atoms with Gasteiger partial charge in [0, 0.05) is 44.2 Å². The van der Waals surface area contributed by atoms with Gasteiger partial charge in [-0.15, -0.1) is 0 Å². The monoisotopic (exact) mass is 442 g/mol. The zero-order valence-corrected chi connectivity index (χ0v) is 17.3. The van der Waals surface area contributed by atoms with E-state index in [4.69, 9.17) is 9.47 Å². The van der Waals surface area contributed by atoms with Crippen LogP contribution in [0.25, 0.3) is 0 Å². The SMILES string of the molecule is C=CCOC(=O)[C@@H](NC(=O)C[C@@H]1CCC(=O)N1Cc1cc(F)cc(F)c1F)[C@@H](C)OC. The molecule has 0 spiro atoms. The lowest BCUT2D eigenvalue weighted by Crippen LogP contribution is -2.50. The Morgan fingerprint density at radius 2 is 2.06 bits per heavy atom. The van der Waals surface area contributed by atoms with Crippen molar-refractivity contribution in [3.63, 3.8) is 0 Å². The number of hydrogen-bond donors (Lipinski definition) is 1. The first kappa shape index (κ1) is 24.4. The number of nitrogens with one attached hydrogen (secondary N) is 1. The number of likely N-dealkylation sites (tertiary alicyclic amines) is 1. The van der Waals surface area contributed by atoms with E-state index in [-0.39, 0.29) is 37.5 Å². The van der Waals surface area contributed by atoms with E-state index in [2.05, 4.69) is 11.9 Å². The lowest BCUT2D eigenvalue weighted by Gasteiger charge is -2.27. The molecular weight excluding hydrogens is 417 g/mol. The van der Waals surface area contributed by atoms with Gasteiger partial charge in [0.25, 0.3) is 0 Å². The number of carbonyl (C=O) groups is 3. The molecule has 1 aliphatic heterocycles. The Morgan fingerprint density at radius 3 is 2.71 bits per heavy atom. The van der Waals surface area contributed by atoms with Gasteiger partial charge in [0.1, 0.15) is 12.4 Å². The van der Waals surface area contributed by atoms with Gasteiger partial charge in [-0.2, -0.15) is 0 Å². The van der Waals surface area contributed by atoms with Gasteiger partial charge in [0.15, 0.2) is 17.7 Å². The Labute approximate surface area is 178 Å². The first-order valence-electron chi connectivity index (χ1n) is 9.70. The summed E-state index contributed by atoms with van der Waals surface area (Å²) in [5, 5.41) is 2.53. The minimum Gasteiger partial charge on any atom is -0.460 e. The molecule has 2 amide bonds. The van der Waals surface area contributed by atoms with Crippen LogP contribution in [0.4, 0.5) is 13.2 Å². The molecular formula is C21H25F3N2O5. The van der Waals surface area contributed by atoms with E-state index < -0.39 is 47.5 Å². The predicted molar refractivity (Wildman–Crippen MR) is 104 cm³/mol. The summed E-state index contributed by atoms with van der Waals surface area (Å²) in [6.07, 6.45) is 0.914. The van der Waals surface area contributed by atoms with Gasteiger partial charge in [-0.25, -0.2) is 18.0 Å². The molecule has 10 heteroatoms. The standard InChI is InChI=1S/C21H25F3N2O5/c1-4-7-31-21(29)20(12(2)30-3)25-17(27)10-15-5-6-18(28)26(15)11-13-8-14(22)9-16(23)19(13)24/h4,8-9,12,15,20H,1,5-7,10-11H2,2-3H3,(H,25,27)/t12-,15+,20+/m1/s1. The van der Waals surface area contributed by atoms with Gasteiger partial charge in [0.05, 0.1) is 6.10 Å². The smallest absolute Gasteiger partial charge is 0.331 e. The van der Waals surface area contributed by atoms with Gasteiger partial charge >= 0.3 is 5.97 Å². The number of carbonyl (C=O) groups excluding carboxylic acids is 3. The highest BCUT2D eigenvalue weighted by atomic mass is 19.2. The molecule has 0 aromatic heterocycles. The zero-order valence-electron chi connectivity index (χ0n) is 17.3. The van der Waals surface area contributed by atoms with Crippen molar-refractivity contribution in [1.82, 2.24) is 10.2 Å². The first-order valence-corrected chi connectivity index (χ1v) is 9.70. The van der Waals surface area contributed by atoms with Gasteiger partial charge < -0.3 is 19.7 Å². The summed E-state index contributed by atoms with van der Waals surface area (Å²) in [6.45, 7) is 4.60. The summed E-state index contributed by atoms with van der Waals surface area (Å²) in [4.78, 5) is 38.2. The lowest BCUT2D eigenvalue weighted by molar-refractivity contribution is -0.150. The Morgan fingerprint density at radius 1 is 1.35 bits per heavy atom. The molecule has 1 aromatic carbocycles. The van der Waals surface area contributed by atoms with Crippen molar-refractivity contribution in [2.45, 2.75) is 50.9 Å². The Hall–Kier alpha value is -2.88. The number of nitrogens with zero attached hydrogens (tertiary/aromatic N) is 1. The van der Waals surface area contributed by atoms with Gasteiger partial charge in [-0.3, -0.25) is 9.59 Å². The van der Waals surface area contributed by atoms with E-state index in [9.17, 15) is 27.6 Å². The number of amides is 2. The maximum Gasteiger partial charge on any atom is 0.331 e. The second-order valence-electron chi connectivity index (χ2n) is 7.18. The molecule has 1 heterocycles. The van der Waals surface area contributed by atoms with Crippen LogP contribution in [0.3, 0.4) is 0 Å². The molecule has 0 bridgehead atoms. The zero-order chi connectivity index (χ0) is 23.1. The summed E-state index contributed by atoms with van der Waals surface area (Å²) in [5.74, 6) is -5.20. The van der Waals surface area contributed by atoms with E-state index in [0.717, 1.165) is 6.07 Å². The third kappa shape index (κ3) is 6.30. The summed E-state index contributed by atoms with van der Waals surface area (Å²) < 4.78 is 51.1. The van der Waals surface area contributed by atoms with Crippen LogP contribution in [-0.2, 0) is 30.4 Å². The van der Waals surface area contributed by atoms with Crippen molar-refractivity contribution < 1.29 is 37.0 Å². The molecule has 2 rings (SSSR count). The minimum atomic E-state index is -1.36. The number of halogens is 3. The lowest BCUT2D eigenvalue weighted by atomic mass is 10.1. The average molecular weight is 442 g/mol. The number of benzene rings is 1. The minimum absolute atomic E-state index is 0.0394. The average Bonchev–Trinajstić information content (AvgIpc) is 3.06. The highest BCUT2D eigenvalue weighted by Crippen LogP contribution is 2.26. The van der Waals surface area contributed by atoms with Gasteiger partial charge in [-0.05, 0) is 19.4 Å². The molecule has 7 nitrogen and oxygen atoms in total. The maximum absolute atomic E-state index is 14.0. The van der Waals surface area contributed by atoms with E-state index in [1.54, 1.807) is 6.92 Å². The quantitative estimate of drug-likeness (QED) is 0.341. The van der Waals surface area contributed by atoms with E-state index >= 15 is 0 Å². The highest BCUT2D eigenvalue weighted by Gasteiger charge is 2.35. The number of ether oxygens (including phenoxy) is 2. The Bertz CT molecular complexity index is 849. The Kier molecular flexibility index (Phi) is 8.61. The molecule has 0 saturated carbocycles. The maximum atomic E-state index is 14.0. The van der Waals surface area contributed by atoms with Crippen molar-refractivity contribution in [3.05, 3.63) is 47.8 Å². The van der Waals surface area contributed by atoms with E-state index in [0.29, 0.717) is 12.5 Å². The summed E-state index contributed by atoms with van der Waals surface area (Å²) in [7, 11) is 1.37. The van der Waals surface area contributed by atoms with Crippen molar-refractivity contribution in [3.8, 4) is 0 Å². The van der Waals surface area contributed by atoms with E-state index in [1.807, 2.05) is 0 Å². The topological polar surface area (TPSA) is 84.9 Å². The Balaban J connectivity index is 2.09. The predicted octanol–water partition coefficient (Wildman–Crippen LogP) is 2.23. The first-order chi connectivity index (χ1) is 14.7. The van der Waals surface area contributed by atoms with Crippen molar-refractivity contribution >= 4 is 17.8 Å².